The van der Waals surface area contributed by atoms with E-state index in [0.29, 0.717) is 5.78 Å². The van der Waals surface area contributed by atoms with Crippen molar-refractivity contribution >= 4 is 5.78 Å². The Labute approximate surface area is 62.1 Å². The minimum absolute atomic E-state index is 0.174. The maximum absolute atomic E-state index is 11.4. The molecular weight excluding hydrogens is 124 g/mol. The van der Waals surface area contributed by atoms with Crippen molar-refractivity contribution in [1.82, 2.24) is 0 Å². The standard InChI is InChI=1S/C9H14O/c1-9(2,3)8(10)7-5-4-6-7/h5H,4,6H2,1-3H3. The molecule has 56 valence electrons. The van der Waals surface area contributed by atoms with Crippen LogP contribution in [0.25, 0.3) is 0 Å². The van der Waals surface area contributed by atoms with Crippen LogP contribution in [-0.2, 0) is 4.79 Å². The van der Waals surface area contributed by atoms with Crippen LogP contribution in [0.1, 0.15) is 33.6 Å². The number of ketones is 1. The van der Waals surface area contributed by atoms with Crippen molar-refractivity contribution in [2.45, 2.75) is 33.6 Å². The highest BCUT2D eigenvalue weighted by molar-refractivity contribution is 6.00. The minimum Gasteiger partial charge on any atom is -0.294 e. The number of rotatable bonds is 1. The van der Waals surface area contributed by atoms with E-state index in [-0.39, 0.29) is 5.41 Å². The third kappa shape index (κ3) is 1.28. The Kier molecular flexibility index (Phi) is 1.67. The largest absolute Gasteiger partial charge is 0.294 e. The van der Waals surface area contributed by atoms with E-state index in [0.717, 1.165) is 18.4 Å². The fourth-order valence-corrected chi connectivity index (χ4v) is 0.977. The highest BCUT2D eigenvalue weighted by Gasteiger charge is 2.26. The van der Waals surface area contributed by atoms with Crippen molar-refractivity contribution in [2.24, 2.45) is 5.41 Å². The van der Waals surface area contributed by atoms with Gasteiger partial charge in [-0.15, -0.1) is 0 Å². The Morgan fingerprint density at radius 1 is 1.50 bits per heavy atom. The van der Waals surface area contributed by atoms with Gasteiger partial charge in [-0.3, -0.25) is 4.79 Å². The zero-order chi connectivity index (χ0) is 7.78. The van der Waals surface area contributed by atoms with Gasteiger partial charge in [0, 0.05) is 5.41 Å². The smallest absolute Gasteiger partial charge is 0.163 e. The van der Waals surface area contributed by atoms with E-state index in [1.807, 2.05) is 26.8 Å². The number of carbonyl (C=O) groups is 1. The molecule has 0 saturated carbocycles. The minimum atomic E-state index is -0.174. The maximum atomic E-state index is 11.4. The monoisotopic (exact) mass is 138 g/mol. The van der Waals surface area contributed by atoms with Crippen LogP contribution in [0.15, 0.2) is 11.6 Å². The van der Waals surface area contributed by atoms with Gasteiger partial charge in [-0.2, -0.15) is 0 Å². The summed E-state index contributed by atoms with van der Waals surface area (Å²) in [4.78, 5) is 11.4. The van der Waals surface area contributed by atoms with Gasteiger partial charge in [0.2, 0.25) is 0 Å². The number of allylic oxidation sites excluding steroid dienone is 2. The Morgan fingerprint density at radius 3 is 2.10 bits per heavy atom. The molecule has 0 unspecified atom stereocenters. The molecule has 0 atom stereocenters. The highest BCUT2D eigenvalue weighted by atomic mass is 16.1. The van der Waals surface area contributed by atoms with Gasteiger partial charge in [-0.25, -0.2) is 0 Å². The molecule has 0 aromatic heterocycles. The van der Waals surface area contributed by atoms with Crippen LogP contribution in [0.2, 0.25) is 0 Å². The number of carbonyl (C=O) groups excluding carboxylic acids is 1. The molecule has 0 aliphatic heterocycles. The molecule has 1 heteroatoms. The molecule has 0 amide bonds. The third-order valence-corrected chi connectivity index (χ3v) is 1.78. The second-order valence-electron chi connectivity index (χ2n) is 3.85. The number of Topliss-reactive ketones (excluding diaryl/α,β-unsaturated/α-hetero) is 1. The molecule has 1 aliphatic rings. The zero-order valence-corrected chi connectivity index (χ0v) is 6.90. The quantitative estimate of drug-likeness (QED) is 0.543. The van der Waals surface area contributed by atoms with Crippen molar-refractivity contribution in [3.05, 3.63) is 11.6 Å². The van der Waals surface area contributed by atoms with Crippen LogP contribution < -0.4 is 0 Å². The molecule has 1 nitrogen and oxygen atoms in total. The fourth-order valence-electron chi connectivity index (χ4n) is 0.977. The topological polar surface area (TPSA) is 17.1 Å². The zero-order valence-electron chi connectivity index (χ0n) is 6.90. The second kappa shape index (κ2) is 2.22. The lowest BCUT2D eigenvalue weighted by Gasteiger charge is -2.22. The molecule has 0 heterocycles. The molecule has 0 radical (unpaired) electrons. The van der Waals surface area contributed by atoms with E-state index in [9.17, 15) is 4.79 Å². The van der Waals surface area contributed by atoms with E-state index in [2.05, 4.69) is 0 Å². The van der Waals surface area contributed by atoms with Gasteiger partial charge in [-0.1, -0.05) is 26.8 Å². The molecule has 0 N–H and O–H groups in total. The highest BCUT2D eigenvalue weighted by Crippen LogP contribution is 2.27. The first-order valence-corrected chi connectivity index (χ1v) is 3.75. The first kappa shape index (κ1) is 7.52. The van der Waals surface area contributed by atoms with Crippen LogP contribution in [-0.4, -0.2) is 5.78 Å². The molecule has 1 rings (SSSR count). The molecule has 0 fully saturated rings. The molecule has 0 aromatic rings. The first-order valence-electron chi connectivity index (χ1n) is 3.75. The lowest BCUT2D eigenvalue weighted by molar-refractivity contribution is -0.122. The van der Waals surface area contributed by atoms with Crippen molar-refractivity contribution in [3.8, 4) is 0 Å². The summed E-state index contributed by atoms with van der Waals surface area (Å²) in [6.07, 6.45) is 4.13. The van der Waals surface area contributed by atoms with Gasteiger partial charge in [0.25, 0.3) is 0 Å². The summed E-state index contributed by atoms with van der Waals surface area (Å²) in [6, 6.07) is 0. The van der Waals surface area contributed by atoms with Crippen LogP contribution in [0.5, 0.6) is 0 Å². The second-order valence-corrected chi connectivity index (χ2v) is 3.85. The molecular formula is C9H14O. The summed E-state index contributed by atoms with van der Waals surface area (Å²) >= 11 is 0. The third-order valence-electron chi connectivity index (χ3n) is 1.78. The van der Waals surface area contributed by atoms with E-state index in [1.54, 1.807) is 0 Å². The van der Waals surface area contributed by atoms with Crippen molar-refractivity contribution in [3.63, 3.8) is 0 Å². The van der Waals surface area contributed by atoms with Crippen LogP contribution in [0.4, 0.5) is 0 Å². The molecule has 0 bridgehead atoms. The first-order chi connectivity index (χ1) is 4.52. The summed E-state index contributed by atoms with van der Waals surface area (Å²) in [5.74, 6) is 0.318. The Morgan fingerprint density at radius 2 is 2.00 bits per heavy atom. The summed E-state index contributed by atoms with van der Waals surface area (Å²) in [6.45, 7) is 5.90. The van der Waals surface area contributed by atoms with Gasteiger partial charge >= 0.3 is 0 Å². The Bertz CT molecular complexity index is 181. The van der Waals surface area contributed by atoms with Gasteiger partial charge in [0.15, 0.2) is 5.78 Å². The van der Waals surface area contributed by atoms with E-state index < -0.39 is 0 Å². The lowest BCUT2D eigenvalue weighted by atomic mass is 9.81. The molecule has 0 aromatic carbocycles. The SMILES string of the molecule is CC(C)(C)C(=O)C1=CCC1. The average molecular weight is 138 g/mol. The molecule has 10 heavy (non-hydrogen) atoms. The Balaban J connectivity index is 2.66. The molecule has 1 aliphatic carbocycles. The maximum Gasteiger partial charge on any atom is 0.163 e. The normalized spacial score (nSPS) is 17.7. The van der Waals surface area contributed by atoms with Gasteiger partial charge in [0.05, 0.1) is 0 Å². The lowest BCUT2D eigenvalue weighted by Crippen LogP contribution is -2.24. The van der Waals surface area contributed by atoms with Gasteiger partial charge in [0.1, 0.15) is 0 Å². The summed E-state index contributed by atoms with van der Waals surface area (Å²) in [7, 11) is 0. The molecule has 0 saturated heterocycles. The van der Waals surface area contributed by atoms with E-state index >= 15 is 0 Å². The van der Waals surface area contributed by atoms with Crippen LogP contribution in [0, 0.1) is 5.41 Å². The predicted molar refractivity (Wildman–Crippen MR) is 41.8 cm³/mol. The van der Waals surface area contributed by atoms with Gasteiger partial charge < -0.3 is 0 Å². The fraction of sp³-hybridized carbons (Fsp3) is 0.667. The average Bonchev–Trinajstić information content (AvgIpc) is 1.57. The van der Waals surface area contributed by atoms with Crippen LogP contribution >= 0.6 is 0 Å². The summed E-state index contributed by atoms with van der Waals surface area (Å²) < 4.78 is 0. The van der Waals surface area contributed by atoms with E-state index in [4.69, 9.17) is 0 Å². The summed E-state index contributed by atoms with van der Waals surface area (Å²) in [5, 5.41) is 0. The summed E-state index contributed by atoms with van der Waals surface area (Å²) in [5.41, 5.74) is 0.860. The predicted octanol–water partition coefficient (Wildman–Crippen LogP) is 2.32. The van der Waals surface area contributed by atoms with E-state index in [1.165, 1.54) is 0 Å². The number of hydrogen-bond donors (Lipinski definition) is 0. The van der Waals surface area contributed by atoms with Crippen molar-refractivity contribution in [2.75, 3.05) is 0 Å². The molecule has 0 spiro atoms. The van der Waals surface area contributed by atoms with Crippen LogP contribution in [0.3, 0.4) is 0 Å². The van der Waals surface area contributed by atoms with Crippen molar-refractivity contribution < 1.29 is 4.79 Å². The number of hydrogen-bond acceptors (Lipinski definition) is 1. The Hall–Kier alpha value is -0.590. The van der Waals surface area contributed by atoms with Gasteiger partial charge in [-0.05, 0) is 18.4 Å². The van der Waals surface area contributed by atoms with Crippen molar-refractivity contribution in [1.29, 1.82) is 0 Å².